The van der Waals surface area contributed by atoms with Crippen molar-refractivity contribution in [2.45, 2.75) is 6.61 Å². The first kappa shape index (κ1) is 8.46. The van der Waals surface area contributed by atoms with Crippen LogP contribution >= 0.6 is 11.6 Å². The zero-order valence-electron chi connectivity index (χ0n) is 5.81. The quantitative estimate of drug-likeness (QED) is 0.675. The van der Waals surface area contributed by atoms with Gasteiger partial charge in [-0.05, 0) is 12.1 Å². The number of hydrogen-bond acceptors (Lipinski definition) is 1. The van der Waals surface area contributed by atoms with Gasteiger partial charge in [0.05, 0.1) is 0 Å². The van der Waals surface area contributed by atoms with Crippen molar-refractivity contribution in [3.05, 3.63) is 34.6 Å². The Bertz CT molecular complexity index is 234. The summed E-state index contributed by atoms with van der Waals surface area (Å²) in [5.74, 6) is 2.78. The molecule has 0 saturated heterocycles. The third-order valence-electron chi connectivity index (χ3n) is 1.31. The van der Waals surface area contributed by atoms with Crippen molar-refractivity contribution < 1.29 is 15.1 Å². The van der Waals surface area contributed by atoms with Crippen LogP contribution in [0.15, 0.2) is 18.2 Å². The van der Waals surface area contributed by atoms with Gasteiger partial charge < -0.3 is 0 Å². The molecule has 1 aromatic rings. The summed E-state index contributed by atoms with van der Waals surface area (Å²) in [6.07, 6.45) is 0. The second-order valence-electron chi connectivity index (χ2n) is 2.05. The van der Waals surface area contributed by atoms with E-state index < -0.39 is 0 Å². The Hall–Kier alpha value is -0.640. The molecule has 0 bridgehead atoms. The first-order valence-corrected chi connectivity index (χ1v) is 3.43. The lowest BCUT2D eigenvalue weighted by Crippen LogP contribution is -2.48. The summed E-state index contributed by atoms with van der Waals surface area (Å²) < 4.78 is 12.8. The number of hydrogen-bond donors (Lipinski definition) is 1. The van der Waals surface area contributed by atoms with E-state index in [0.29, 0.717) is 10.6 Å². The molecule has 0 aliphatic heterocycles. The topological polar surface area (TPSA) is 36.9 Å². The first-order valence-electron chi connectivity index (χ1n) is 3.05. The summed E-state index contributed by atoms with van der Waals surface area (Å²) in [5.41, 5.74) is 0.351. The third kappa shape index (κ3) is 1.89. The molecule has 0 aliphatic rings. The zero-order valence-corrected chi connectivity index (χ0v) is 6.57. The normalized spacial score (nSPS) is 10.1. The number of halogens is 2. The van der Waals surface area contributed by atoms with Crippen LogP contribution in [0.1, 0.15) is 5.56 Å². The molecule has 0 amide bonds. The molecule has 0 aliphatic carbocycles. The molecule has 0 fully saturated rings. The van der Waals surface area contributed by atoms with E-state index in [-0.39, 0.29) is 12.4 Å². The van der Waals surface area contributed by atoms with E-state index in [2.05, 4.69) is 10.7 Å². The van der Waals surface area contributed by atoms with Crippen LogP contribution in [0, 0.1) is 5.82 Å². The van der Waals surface area contributed by atoms with Gasteiger partial charge in [-0.3, -0.25) is 0 Å². The maximum Gasteiger partial charge on any atom is 0.135 e. The molecule has 0 atom stereocenters. The minimum absolute atomic E-state index is 0.103. The van der Waals surface area contributed by atoms with Crippen molar-refractivity contribution in [3.8, 4) is 0 Å². The highest BCUT2D eigenvalue weighted by atomic mass is 35.5. The van der Waals surface area contributed by atoms with Gasteiger partial charge in [-0.15, -0.1) is 0 Å². The van der Waals surface area contributed by atoms with Crippen LogP contribution in [0.5, 0.6) is 0 Å². The lowest BCUT2D eigenvalue weighted by Gasteiger charge is -2.00. The van der Waals surface area contributed by atoms with Crippen molar-refractivity contribution in [1.29, 1.82) is 0 Å². The molecular weight excluding hydrogens is 169 g/mol. The molecule has 0 saturated carbocycles. The molecule has 0 aromatic heterocycles. The predicted molar refractivity (Wildman–Crippen MR) is 39.1 cm³/mol. The molecular formula is C7H8ClFNO+. The van der Waals surface area contributed by atoms with Crippen molar-refractivity contribution >= 4 is 11.6 Å². The molecule has 0 spiro atoms. The molecule has 4 heteroatoms. The van der Waals surface area contributed by atoms with E-state index in [1.54, 1.807) is 12.1 Å². The van der Waals surface area contributed by atoms with Crippen LogP contribution in [-0.4, -0.2) is 0 Å². The lowest BCUT2D eigenvalue weighted by atomic mass is 10.2. The van der Waals surface area contributed by atoms with E-state index >= 15 is 0 Å². The van der Waals surface area contributed by atoms with E-state index in [1.807, 2.05) is 0 Å². The van der Waals surface area contributed by atoms with Gasteiger partial charge in [-0.1, -0.05) is 17.7 Å². The van der Waals surface area contributed by atoms with Crippen molar-refractivity contribution in [1.82, 2.24) is 0 Å². The highest BCUT2D eigenvalue weighted by Crippen LogP contribution is 2.18. The van der Waals surface area contributed by atoms with Crippen LogP contribution < -0.4 is 5.90 Å². The van der Waals surface area contributed by atoms with E-state index in [0.717, 1.165) is 0 Å². The molecule has 0 heterocycles. The molecule has 1 rings (SSSR count). The Labute approximate surface area is 68.7 Å². The standard InChI is InChI=1S/C7H8ClFNO/c8-6-2-1-3-7(9)5(6)4-11-10/h1-3H,4H2,10H3/q+1. The first-order chi connectivity index (χ1) is 5.25. The molecule has 11 heavy (non-hydrogen) atoms. The summed E-state index contributed by atoms with van der Waals surface area (Å²) in [7, 11) is 0. The van der Waals surface area contributed by atoms with Crippen LogP contribution in [0.3, 0.4) is 0 Å². The zero-order chi connectivity index (χ0) is 8.27. The molecule has 3 N–H and O–H groups in total. The van der Waals surface area contributed by atoms with E-state index in [4.69, 9.17) is 11.6 Å². The van der Waals surface area contributed by atoms with Crippen LogP contribution in [0.2, 0.25) is 5.02 Å². The minimum atomic E-state index is -0.360. The van der Waals surface area contributed by atoms with Gasteiger partial charge in [-0.25, -0.2) is 15.1 Å². The van der Waals surface area contributed by atoms with E-state index in [1.165, 1.54) is 6.07 Å². The van der Waals surface area contributed by atoms with Gasteiger partial charge in [0.25, 0.3) is 0 Å². The van der Waals surface area contributed by atoms with Gasteiger partial charge in [0.15, 0.2) is 0 Å². The lowest BCUT2D eigenvalue weighted by molar-refractivity contribution is -0.695. The average Bonchev–Trinajstić information content (AvgIpc) is 1.97. The number of rotatable bonds is 2. The van der Waals surface area contributed by atoms with E-state index in [9.17, 15) is 4.39 Å². The average molecular weight is 177 g/mol. The van der Waals surface area contributed by atoms with Gasteiger partial charge in [0.1, 0.15) is 12.4 Å². The Morgan fingerprint density at radius 1 is 1.55 bits per heavy atom. The Morgan fingerprint density at radius 3 is 2.82 bits per heavy atom. The van der Waals surface area contributed by atoms with Gasteiger partial charge >= 0.3 is 0 Å². The summed E-state index contributed by atoms with van der Waals surface area (Å²) in [4.78, 5) is 4.52. The fraction of sp³-hybridized carbons (Fsp3) is 0.143. The molecule has 1 aromatic carbocycles. The summed E-state index contributed by atoms with van der Waals surface area (Å²) >= 11 is 5.66. The van der Waals surface area contributed by atoms with Crippen LogP contribution in [0.25, 0.3) is 0 Å². The third-order valence-corrected chi connectivity index (χ3v) is 1.66. The highest BCUT2D eigenvalue weighted by molar-refractivity contribution is 6.31. The fourth-order valence-electron chi connectivity index (χ4n) is 0.772. The second-order valence-corrected chi connectivity index (χ2v) is 2.46. The van der Waals surface area contributed by atoms with Gasteiger partial charge in [0, 0.05) is 10.6 Å². The molecule has 2 nitrogen and oxygen atoms in total. The maximum absolute atomic E-state index is 12.8. The molecule has 0 unspecified atom stereocenters. The maximum atomic E-state index is 12.8. The van der Waals surface area contributed by atoms with Crippen LogP contribution in [-0.2, 0) is 11.4 Å². The highest BCUT2D eigenvalue weighted by Gasteiger charge is 2.06. The van der Waals surface area contributed by atoms with Crippen molar-refractivity contribution in [2.75, 3.05) is 0 Å². The van der Waals surface area contributed by atoms with Gasteiger partial charge in [-0.2, -0.15) is 0 Å². The second kappa shape index (κ2) is 3.67. The molecule has 60 valence electrons. The summed E-state index contributed by atoms with van der Waals surface area (Å²) in [5, 5.41) is 0.369. The number of benzene rings is 1. The smallest absolute Gasteiger partial charge is 0.135 e. The van der Waals surface area contributed by atoms with Gasteiger partial charge in [0.2, 0.25) is 0 Å². The van der Waals surface area contributed by atoms with Crippen molar-refractivity contribution in [3.63, 3.8) is 0 Å². The number of quaternary nitrogens is 1. The monoisotopic (exact) mass is 176 g/mol. The predicted octanol–water partition coefficient (Wildman–Crippen LogP) is 1.15. The molecule has 0 radical (unpaired) electrons. The Kier molecular flexibility index (Phi) is 2.82. The summed E-state index contributed by atoms with van der Waals surface area (Å²) in [6, 6.07) is 4.49. The Balaban J connectivity index is 3.00. The largest absolute Gasteiger partial charge is 0.212 e. The SMILES string of the molecule is [NH3+]OCc1c(F)cccc1Cl. The fourth-order valence-corrected chi connectivity index (χ4v) is 0.990. The minimum Gasteiger partial charge on any atom is -0.212 e. The summed E-state index contributed by atoms with van der Waals surface area (Å²) in [6.45, 7) is 0.103. The van der Waals surface area contributed by atoms with Crippen molar-refractivity contribution in [2.24, 2.45) is 0 Å². The van der Waals surface area contributed by atoms with Crippen LogP contribution in [0.4, 0.5) is 4.39 Å². The Morgan fingerprint density at radius 2 is 2.27 bits per heavy atom.